The molecule has 20 heteroatoms. The third kappa shape index (κ3) is 9.50. The fourth-order valence-electron chi connectivity index (χ4n) is 12.6. The quantitative estimate of drug-likeness (QED) is 0.130. The Bertz CT molecular complexity index is 2970. The van der Waals surface area contributed by atoms with Crippen molar-refractivity contribution in [2.24, 2.45) is 23.8 Å². The number of carbonyl (C=O) groups is 3. The Hall–Kier alpha value is -6.81. The summed E-state index contributed by atoms with van der Waals surface area (Å²) in [5.74, 6) is 1.93. The van der Waals surface area contributed by atoms with Crippen LogP contribution in [0.5, 0.6) is 5.75 Å². The number of aryl methyl sites for hydroxylation is 2. The molecule has 2 N–H and O–H groups in total. The van der Waals surface area contributed by atoms with E-state index < -0.39 is 17.3 Å². The molecule has 0 unspecified atom stereocenters. The van der Waals surface area contributed by atoms with Crippen molar-refractivity contribution >= 4 is 46.9 Å². The number of alkyl halides is 2. The Morgan fingerprint density at radius 3 is 2.31 bits per heavy atom. The molecule has 4 aliphatic heterocycles. The second-order valence-corrected chi connectivity index (χ2v) is 22.2. The van der Waals surface area contributed by atoms with Gasteiger partial charge in [0.25, 0.3) is 12.3 Å². The number of nitriles is 1. The number of amides is 4. The van der Waals surface area contributed by atoms with Gasteiger partial charge in [0.15, 0.2) is 5.82 Å². The van der Waals surface area contributed by atoms with E-state index in [4.69, 9.17) is 21.4 Å². The highest BCUT2D eigenvalue weighted by Crippen LogP contribution is 2.56. The van der Waals surface area contributed by atoms with Crippen molar-refractivity contribution in [1.82, 2.24) is 50.0 Å². The molecule has 4 amide bonds. The fourth-order valence-corrected chi connectivity index (χ4v) is 12.8. The second kappa shape index (κ2) is 20.1. The van der Waals surface area contributed by atoms with E-state index in [0.717, 1.165) is 55.3 Å². The summed E-state index contributed by atoms with van der Waals surface area (Å²) in [7, 11) is 3.39. The van der Waals surface area contributed by atoms with Crippen LogP contribution in [0.3, 0.4) is 0 Å². The number of likely N-dealkylation sites (tertiary alicyclic amines) is 1. The second-order valence-electron chi connectivity index (χ2n) is 21.8. The van der Waals surface area contributed by atoms with Crippen molar-refractivity contribution in [2.45, 2.75) is 110 Å². The van der Waals surface area contributed by atoms with E-state index in [1.165, 1.54) is 0 Å². The first-order valence-electron chi connectivity index (χ1n) is 25.8. The summed E-state index contributed by atoms with van der Waals surface area (Å²) in [6, 6.07) is 10.3. The van der Waals surface area contributed by atoms with Gasteiger partial charge in [-0.05, 0) is 79.8 Å². The molecule has 10 rings (SSSR count). The number of ether oxygens (including phenoxy) is 1. The number of carbonyl (C=O) groups excluding carboxylic acids is 3. The summed E-state index contributed by atoms with van der Waals surface area (Å²) in [6.45, 7) is 12.3. The Kier molecular flexibility index (Phi) is 13.8. The van der Waals surface area contributed by atoms with Crippen molar-refractivity contribution in [3.8, 4) is 22.9 Å². The zero-order valence-corrected chi connectivity index (χ0v) is 43.6. The number of nitrogens with one attached hydrogen (secondary N) is 2. The van der Waals surface area contributed by atoms with Crippen LogP contribution in [0.2, 0.25) is 5.02 Å². The van der Waals surface area contributed by atoms with Crippen molar-refractivity contribution in [3.05, 3.63) is 93.7 Å². The Morgan fingerprint density at radius 2 is 1.66 bits per heavy atom. The molecule has 0 spiro atoms. The predicted molar refractivity (Wildman–Crippen MR) is 276 cm³/mol. The standard InChI is InChI=1S/C54H64ClF2N13O4/c1-53(2)49(54(3,4)50(53)74-38-10-9-34(26-58)42(55)24-38)63-48(72)35-27-60-51(61-28-35)67-17-11-32(12-18-67)22-45(71)66-19-13-37(14-20-66)70-43-15-21-68(52(73)59-5)31-41(43)47(64-70)69-16-7-8-33-23-39(36-29-62-65(6)30-36)40(46(56)57)25-44(33)69/h9-10,23-25,27-30,32,37,46,49-50H,7-8,11-22,31H2,1-6H3,(H,59,73)(H,63,72). The number of hydrogen-bond acceptors (Lipinski definition) is 11. The predicted octanol–water partition coefficient (Wildman–Crippen LogP) is 8.40. The van der Waals surface area contributed by atoms with Gasteiger partial charge in [-0.15, -0.1) is 0 Å². The molecule has 5 aliphatic rings. The Labute approximate surface area is 435 Å². The molecule has 2 aromatic carbocycles. The molecule has 74 heavy (non-hydrogen) atoms. The van der Waals surface area contributed by atoms with Gasteiger partial charge in [-0.1, -0.05) is 39.3 Å². The van der Waals surface area contributed by atoms with Crippen LogP contribution in [-0.2, 0) is 31.2 Å². The summed E-state index contributed by atoms with van der Waals surface area (Å²) < 4.78 is 39.7. The first-order chi connectivity index (χ1) is 35.4. The molecule has 0 bridgehead atoms. The van der Waals surface area contributed by atoms with Crippen molar-refractivity contribution < 1.29 is 27.9 Å². The van der Waals surface area contributed by atoms with E-state index in [1.54, 1.807) is 72.7 Å². The van der Waals surface area contributed by atoms with Gasteiger partial charge < -0.3 is 35.0 Å². The van der Waals surface area contributed by atoms with Crippen LogP contribution in [0.1, 0.15) is 117 Å². The average Bonchev–Trinajstić information content (AvgIpc) is 4.02. The van der Waals surface area contributed by atoms with Crippen molar-refractivity contribution in [3.63, 3.8) is 0 Å². The number of urea groups is 1. The number of nitrogens with zero attached hydrogens (tertiary/aromatic N) is 11. The summed E-state index contributed by atoms with van der Waals surface area (Å²) in [6.07, 6.45) is 9.29. The monoisotopic (exact) mass is 1030 g/mol. The molecular formula is C54H64ClF2N13O4. The van der Waals surface area contributed by atoms with E-state index in [2.05, 4.69) is 73.9 Å². The largest absolute Gasteiger partial charge is 0.489 e. The molecular weight excluding hydrogens is 968 g/mol. The smallest absolute Gasteiger partial charge is 0.317 e. The number of aromatic nitrogens is 6. The maximum Gasteiger partial charge on any atom is 0.317 e. The lowest BCUT2D eigenvalue weighted by molar-refractivity contribution is -0.164. The third-order valence-corrected chi connectivity index (χ3v) is 16.6. The third-order valence-electron chi connectivity index (χ3n) is 16.3. The highest BCUT2D eigenvalue weighted by molar-refractivity contribution is 6.31. The van der Waals surface area contributed by atoms with E-state index in [-0.39, 0.29) is 47.5 Å². The molecule has 17 nitrogen and oxygen atoms in total. The van der Waals surface area contributed by atoms with Crippen LogP contribution in [-0.4, -0.2) is 116 Å². The number of fused-ring (bicyclic) bond motifs is 2. The number of rotatable bonds is 11. The first-order valence-corrected chi connectivity index (χ1v) is 26.1. The van der Waals surface area contributed by atoms with Crippen LogP contribution in [0.25, 0.3) is 11.1 Å². The molecule has 7 heterocycles. The SMILES string of the molecule is CNC(=O)N1CCc2c(c(N3CCCc4cc(-c5cnn(C)c5)c(C(F)F)cc43)nn2C2CCN(C(=O)CC3CCN(c4ncc(C(=O)NC5C(C)(C)C(Oc6ccc(C#N)c(Cl)c6)C5(C)C)cn4)CC3)CC2)C1. The maximum atomic E-state index is 14.8. The number of benzene rings is 2. The summed E-state index contributed by atoms with van der Waals surface area (Å²) in [4.78, 5) is 57.5. The minimum Gasteiger partial charge on any atom is -0.489 e. The lowest BCUT2D eigenvalue weighted by Crippen LogP contribution is -2.74. The molecule has 0 atom stereocenters. The van der Waals surface area contributed by atoms with Gasteiger partial charge in [0.05, 0.1) is 34.9 Å². The van der Waals surface area contributed by atoms with Gasteiger partial charge in [-0.25, -0.2) is 23.5 Å². The minimum absolute atomic E-state index is 0.0352. The summed E-state index contributed by atoms with van der Waals surface area (Å²) in [5, 5.41) is 25.1. The van der Waals surface area contributed by atoms with Gasteiger partial charge in [-0.3, -0.25) is 19.0 Å². The van der Waals surface area contributed by atoms with Crippen molar-refractivity contribution in [1.29, 1.82) is 5.26 Å². The first kappa shape index (κ1) is 50.7. The number of piperidine rings is 2. The zero-order chi connectivity index (χ0) is 52.2. The van der Waals surface area contributed by atoms with Crippen LogP contribution in [0.15, 0.2) is 55.1 Å². The molecule has 1 aliphatic carbocycles. The minimum atomic E-state index is -2.70. The number of halogens is 3. The van der Waals surface area contributed by atoms with Gasteiger partial charge in [-0.2, -0.15) is 15.5 Å². The van der Waals surface area contributed by atoms with E-state index in [9.17, 15) is 28.4 Å². The van der Waals surface area contributed by atoms with Gasteiger partial charge in [0.2, 0.25) is 11.9 Å². The molecule has 390 valence electrons. The zero-order valence-electron chi connectivity index (χ0n) is 42.9. The average molecular weight is 1030 g/mol. The maximum absolute atomic E-state index is 14.8. The highest BCUT2D eigenvalue weighted by atomic mass is 35.5. The van der Waals surface area contributed by atoms with E-state index in [1.807, 2.05) is 11.0 Å². The number of anilines is 3. The summed E-state index contributed by atoms with van der Waals surface area (Å²) in [5.41, 5.74) is 4.66. The molecule has 0 radical (unpaired) electrons. The van der Waals surface area contributed by atoms with Crippen LogP contribution < -0.4 is 25.2 Å². The normalized spacial score (nSPS) is 20.6. The van der Waals surface area contributed by atoms with Gasteiger partial charge >= 0.3 is 6.03 Å². The summed E-state index contributed by atoms with van der Waals surface area (Å²) >= 11 is 6.27. The van der Waals surface area contributed by atoms with Crippen LogP contribution in [0, 0.1) is 28.1 Å². The Balaban J connectivity index is 0.743. The van der Waals surface area contributed by atoms with E-state index in [0.29, 0.717) is 109 Å². The van der Waals surface area contributed by atoms with E-state index >= 15 is 0 Å². The van der Waals surface area contributed by atoms with Crippen LogP contribution in [0.4, 0.5) is 31.0 Å². The van der Waals surface area contributed by atoms with Gasteiger partial charge in [0.1, 0.15) is 17.9 Å². The molecule has 2 saturated heterocycles. The molecule has 1 saturated carbocycles. The number of hydrogen-bond donors (Lipinski definition) is 2. The lowest BCUT2D eigenvalue weighted by atomic mass is 9.49. The molecule has 3 aromatic heterocycles. The molecule has 5 aromatic rings. The van der Waals surface area contributed by atoms with Crippen LogP contribution >= 0.6 is 11.6 Å². The highest BCUT2D eigenvalue weighted by Gasteiger charge is 2.64. The fraction of sp³-hybridized carbons (Fsp3) is 0.519. The molecule has 3 fully saturated rings. The van der Waals surface area contributed by atoms with Crippen molar-refractivity contribution in [2.75, 3.05) is 56.1 Å². The van der Waals surface area contributed by atoms with Gasteiger partial charge in [0, 0.05) is 136 Å². The lowest BCUT2D eigenvalue weighted by Gasteiger charge is -2.63. The topological polar surface area (TPSA) is 183 Å². The Morgan fingerprint density at radius 1 is 0.932 bits per heavy atom.